The normalized spacial score (nSPS) is 17.9. The number of hydrogen-bond acceptors (Lipinski definition) is 3. The summed E-state index contributed by atoms with van der Waals surface area (Å²) in [5, 5.41) is 18.0. The first-order valence-corrected chi connectivity index (χ1v) is 5.65. The molecule has 0 amide bonds. The lowest BCUT2D eigenvalue weighted by Crippen LogP contribution is -2.15. The van der Waals surface area contributed by atoms with Crippen LogP contribution in [0.15, 0.2) is 12.1 Å². The Bertz CT molecular complexity index is 549. The Morgan fingerprint density at radius 2 is 1.88 bits per heavy atom. The summed E-state index contributed by atoms with van der Waals surface area (Å²) in [5.41, 5.74) is -0.188. The van der Waals surface area contributed by atoms with Crippen LogP contribution in [0.4, 0.5) is 0 Å². The van der Waals surface area contributed by atoms with Gasteiger partial charge in [0.25, 0.3) is 0 Å². The number of rotatable bonds is 2. The van der Waals surface area contributed by atoms with Crippen molar-refractivity contribution in [2.75, 3.05) is 0 Å². The zero-order valence-corrected chi connectivity index (χ0v) is 10.0. The Balaban J connectivity index is 2.76. The lowest BCUT2D eigenvalue weighted by atomic mass is 9.97. The van der Waals surface area contributed by atoms with Gasteiger partial charge in [-0.25, -0.2) is 9.59 Å². The third kappa shape index (κ3) is 1.74. The van der Waals surface area contributed by atoms with Crippen LogP contribution in [0.3, 0.4) is 0 Å². The monoisotopic (exact) mass is 298 g/mol. The molecule has 1 aliphatic carbocycles. The lowest BCUT2D eigenvalue weighted by molar-refractivity contribution is 0.0649. The van der Waals surface area contributed by atoms with Crippen molar-refractivity contribution in [3.05, 3.63) is 34.4 Å². The van der Waals surface area contributed by atoms with E-state index < -0.39 is 22.3 Å². The zero-order chi connectivity index (χ0) is 12.7. The summed E-state index contributed by atoms with van der Waals surface area (Å²) in [7, 11) is 0. The van der Waals surface area contributed by atoms with Gasteiger partial charge >= 0.3 is 11.9 Å². The maximum absolute atomic E-state index is 11.8. The van der Waals surface area contributed by atoms with E-state index in [1.54, 1.807) is 0 Å². The number of ketones is 1. The molecule has 1 aromatic rings. The van der Waals surface area contributed by atoms with Crippen LogP contribution in [0.5, 0.6) is 0 Å². The Morgan fingerprint density at radius 1 is 1.24 bits per heavy atom. The third-order valence-electron chi connectivity index (χ3n) is 2.67. The molecule has 1 aliphatic rings. The highest BCUT2D eigenvalue weighted by Gasteiger charge is 2.35. The van der Waals surface area contributed by atoms with E-state index in [1.807, 2.05) is 0 Å². The van der Waals surface area contributed by atoms with Crippen LogP contribution in [-0.4, -0.2) is 32.8 Å². The highest BCUT2D eigenvalue weighted by Crippen LogP contribution is 2.31. The van der Waals surface area contributed by atoms with E-state index in [-0.39, 0.29) is 16.9 Å². The molecule has 2 N–H and O–H groups in total. The number of carboxylic acids is 2. The lowest BCUT2D eigenvalue weighted by Gasteiger charge is -2.06. The van der Waals surface area contributed by atoms with Gasteiger partial charge in [0, 0.05) is 5.56 Å². The van der Waals surface area contributed by atoms with Gasteiger partial charge in [0.1, 0.15) is 0 Å². The van der Waals surface area contributed by atoms with Gasteiger partial charge in [-0.15, -0.1) is 0 Å². The minimum atomic E-state index is -1.39. The van der Waals surface area contributed by atoms with Crippen molar-refractivity contribution in [3.8, 4) is 0 Å². The first-order valence-electron chi connectivity index (χ1n) is 4.74. The topological polar surface area (TPSA) is 91.7 Å². The predicted octanol–water partition coefficient (Wildman–Crippen LogP) is 1.59. The molecule has 0 radical (unpaired) electrons. The van der Waals surface area contributed by atoms with E-state index in [9.17, 15) is 14.4 Å². The van der Waals surface area contributed by atoms with Gasteiger partial charge in [-0.05, 0) is 18.1 Å². The highest BCUT2D eigenvalue weighted by atomic mass is 79.9. The molecule has 0 bridgehead atoms. The number of alkyl halides is 1. The molecular weight excluding hydrogens is 292 g/mol. The molecule has 0 aromatic heterocycles. The number of halogens is 1. The van der Waals surface area contributed by atoms with E-state index in [0.717, 1.165) is 0 Å². The van der Waals surface area contributed by atoms with Gasteiger partial charge in [0.2, 0.25) is 0 Å². The van der Waals surface area contributed by atoms with Crippen LogP contribution in [-0.2, 0) is 6.42 Å². The predicted molar refractivity (Wildman–Crippen MR) is 61.1 cm³/mol. The van der Waals surface area contributed by atoms with Crippen LogP contribution in [0.25, 0.3) is 0 Å². The molecule has 0 aliphatic heterocycles. The standard InChI is InChI=1S/C11H7BrO5/c12-6-3-4-1-2-5(10(14)15)8(11(16)17)7(4)9(6)13/h1-2,6H,3H2,(H,14,15)(H,16,17). The van der Waals surface area contributed by atoms with E-state index in [2.05, 4.69) is 15.9 Å². The second-order valence-electron chi connectivity index (χ2n) is 3.67. The molecule has 1 unspecified atom stereocenters. The maximum Gasteiger partial charge on any atom is 0.337 e. The molecule has 88 valence electrons. The Labute approximate surface area is 104 Å². The van der Waals surface area contributed by atoms with Gasteiger partial charge in [-0.2, -0.15) is 0 Å². The summed E-state index contributed by atoms with van der Waals surface area (Å²) < 4.78 is 0. The van der Waals surface area contributed by atoms with Crippen molar-refractivity contribution in [1.82, 2.24) is 0 Å². The molecule has 17 heavy (non-hydrogen) atoms. The van der Waals surface area contributed by atoms with Crippen LogP contribution in [0.2, 0.25) is 0 Å². The van der Waals surface area contributed by atoms with Gasteiger partial charge in [-0.1, -0.05) is 22.0 Å². The third-order valence-corrected chi connectivity index (χ3v) is 3.41. The molecule has 0 saturated heterocycles. The summed E-state index contributed by atoms with van der Waals surface area (Å²) in [6.45, 7) is 0. The van der Waals surface area contributed by atoms with Crippen molar-refractivity contribution in [1.29, 1.82) is 0 Å². The van der Waals surface area contributed by atoms with Crippen LogP contribution in [0.1, 0.15) is 36.6 Å². The van der Waals surface area contributed by atoms with E-state index in [4.69, 9.17) is 10.2 Å². The van der Waals surface area contributed by atoms with Gasteiger partial charge in [0.05, 0.1) is 16.0 Å². The molecule has 2 rings (SSSR count). The van der Waals surface area contributed by atoms with E-state index in [1.165, 1.54) is 12.1 Å². The fourth-order valence-electron chi connectivity index (χ4n) is 1.94. The number of hydrogen-bond donors (Lipinski definition) is 2. The van der Waals surface area contributed by atoms with Crippen molar-refractivity contribution >= 4 is 33.7 Å². The Hall–Kier alpha value is -1.69. The Kier molecular flexibility index (Phi) is 2.74. The SMILES string of the molecule is O=C(O)c1ccc2c(c1C(=O)O)C(=O)C(Br)C2. The maximum atomic E-state index is 11.8. The van der Waals surface area contributed by atoms with Crippen LogP contribution < -0.4 is 0 Å². The molecule has 0 fully saturated rings. The van der Waals surface area contributed by atoms with Gasteiger partial charge in [0.15, 0.2) is 5.78 Å². The summed E-state index contributed by atoms with van der Waals surface area (Å²) in [4.78, 5) is 33.4. The van der Waals surface area contributed by atoms with E-state index in [0.29, 0.717) is 12.0 Å². The quantitative estimate of drug-likeness (QED) is 0.809. The van der Waals surface area contributed by atoms with E-state index >= 15 is 0 Å². The largest absolute Gasteiger partial charge is 0.478 e. The molecule has 1 atom stereocenters. The minimum absolute atomic E-state index is 0.0132. The fourth-order valence-corrected chi connectivity index (χ4v) is 2.52. The fraction of sp³-hybridized carbons (Fsp3) is 0.182. The number of carboxylic acid groups (broad SMARTS) is 2. The van der Waals surface area contributed by atoms with Crippen molar-refractivity contribution in [3.63, 3.8) is 0 Å². The molecule has 5 nitrogen and oxygen atoms in total. The molecule has 6 heteroatoms. The van der Waals surface area contributed by atoms with Crippen LogP contribution in [0, 0.1) is 0 Å². The first-order chi connectivity index (χ1) is 7.93. The molecule has 0 heterocycles. The minimum Gasteiger partial charge on any atom is -0.478 e. The molecule has 1 aromatic carbocycles. The average molecular weight is 299 g/mol. The van der Waals surface area contributed by atoms with Crippen molar-refractivity contribution in [2.45, 2.75) is 11.2 Å². The summed E-state index contributed by atoms with van der Waals surface area (Å²) in [6, 6.07) is 2.72. The number of carbonyl (C=O) groups is 3. The summed E-state index contributed by atoms with van der Waals surface area (Å²) in [6.07, 6.45) is 0.383. The first kappa shape index (κ1) is 11.8. The second-order valence-corrected chi connectivity index (χ2v) is 4.77. The number of fused-ring (bicyclic) bond motifs is 1. The highest BCUT2D eigenvalue weighted by molar-refractivity contribution is 9.10. The van der Waals surface area contributed by atoms with Crippen LogP contribution >= 0.6 is 15.9 Å². The number of aromatic carboxylic acids is 2. The number of benzene rings is 1. The Morgan fingerprint density at radius 3 is 2.41 bits per heavy atom. The van der Waals surface area contributed by atoms with Gasteiger partial charge in [-0.3, -0.25) is 4.79 Å². The molecule has 0 spiro atoms. The molecule has 0 saturated carbocycles. The number of Topliss-reactive ketones (excluding diaryl/α,β-unsaturated/α-hetero) is 1. The second kappa shape index (κ2) is 3.96. The summed E-state index contributed by atoms with van der Waals surface area (Å²) >= 11 is 3.14. The smallest absolute Gasteiger partial charge is 0.337 e. The van der Waals surface area contributed by atoms with Crippen molar-refractivity contribution in [2.24, 2.45) is 0 Å². The number of carbonyl (C=O) groups excluding carboxylic acids is 1. The van der Waals surface area contributed by atoms with Crippen molar-refractivity contribution < 1.29 is 24.6 Å². The summed E-state index contributed by atoms with van der Waals surface area (Å²) in [5.74, 6) is -3.12. The van der Waals surface area contributed by atoms with Gasteiger partial charge < -0.3 is 10.2 Å². The average Bonchev–Trinajstić information content (AvgIpc) is 2.53. The molecular formula is C11H7BrO5. The zero-order valence-electron chi connectivity index (χ0n) is 8.44.